The Labute approximate surface area is 147 Å². The van der Waals surface area contributed by atoms with Crippen molar-refractivity contribution in [3.05, 3.63) is 71.9 Å². The van der Waals surface area contributed by atoms with E-state index in [1.807, 2.05) is 0 Å². The molecule has 1 heterocycles. The highest BCUT2D eigenvalue weighted by Crippen LogP contribution is 2.31. The van der Waals surface area contributed by atoms with Crippen LogP contribution in [0, 0.1) is 11.3 Å². The second-order valence-corrected chi connectivity index (χ2v) is 5.25. The van der Waals surface area contributed by atoms with Gasteiger partial charge in [0.05, 0.1) is 16.8 Å². The maximum absolute atomic E-state index is 12.8. The standard InChI is InChI=1S/C18H12F3N5/c19-18(20,21)13-5-3-6-14(10-13)24-16-8-9-23-17(26-16)25-15-7-2-1-4-12(15)11-22/h1-10H,(H2,23,24,25,26). The summed E-state index contributed by atoms with van der Waals surface area (Å²) in [4.78, 5) is 8.26. The largest absolute Gasteiger partial charge is 0.416 e. The maximum Gasteiger partial charge on any atom is 0.416 e. The summed E-state index contributed by atoms with van der Waals surface area (Å²) in [5, 5.41) is 14.8. The third-order valence-electron chi connectivity index (χ3n) is 3.41. The number of para-hydroxylation sites is 1. The zero-order chi connectivity index (χ0) is 18.6. The number of halogens is 3. The molecule has 0 aliphatic rings. The van der Waals surface area contributed by atoms with Gasteiger partial charge in [-0.2, -0.15) is 23.4 Å². The molecule has 2 aromatic carbocycles. The Morgan fingerprint density at radius 1 is 0.962 bits per heavy atom. The Morgan fingerprint density at radius 3 is 2.54 bits per heavy atom. The van der Waals surface area contributed by atoms with Crippen LogP contribution in [-0.4, -0.2) is 9.97 Å². The third kappa shape index (κ3) is 4.08. The maximum atomic E-state index is 12.8. The molecule has 1 aromatic heterocycles. The third-order valence-corrected chi connectivity index (χ3v) is 3.41. The van der Waals surface area contributed by atoms with Crippen LogP contribution in [0.1, 0.15) is 11.1 Å². The molecular weight excluding hydrogens is 343 g/mol. The van der Waals surface area contributed by atoms with Crippen molar-refractivity contribution < 1.29 is 13.2 Å². The molecule has 0 amide bonds. The van der Waals surface area contributed by atoms with Crippen molar-refractivity contribution in [2.45, 2.75) is 6.18 Å². The van der Waals surface area contributed by atoms with Crippen LogP contribution in [0.3, 0.4) is 0 Å². The van der Waals surface area contributed by atoms with Crippen LogP contribution in [0.25, 0.3) is 0 Å². The molecule has 3 rings (SSSR count). The van der Waals surface area contributed by atoms with Crippen LogP contribution >= 0.6 is 0 Å². The number of benzene rings is 2. The van der Waals surface area contributed by atoms with E-state index in [1.165, 1.54) is 24.4 Å². The summed E-state index contributed by atoms with van der Waals surface area (Å²) >= 11 is 0. The number of aromatic nitrogens is 2. The first-order valence-electron chi connectivity index (χ1n) is 7.49. The highest BCUT2D eigenvalue weighted by atomic mass is 19.4. The lowest BCUT2D eigenvalue weighted by atomic mass is 10.2. The van der Waals surface area contributed by atoms with Crippen molar-refractivity contribution in [3.8, 4) is 6.07 Å². The summed E-state index contributed by atoms with van der Waals surface area (Å²) in [7, 11) is 0. The summed E-state index contributed by atoms with van der Waals surface area (Å²) in [6.45, 7) is 0. The Bertz CT molecular complexity index is 963. The van der Waals surface area contributed by atoms with Gasteiger partial charge in [-0.05, 0) is 36.4 Å². The molecule has 0 bridgehead atoms. The lowest BCUT2D eigenvalue weighted by Gasteiger charge is -2.11. The minimum absolute atomic E-state index is 0.213. The number of rotatable bonds is 4. The first kappa shape index (κ1) is 17.2. The van der Waals surface area contributed by atoms with Crippen LogP contribution < -0.4 is 10.6 Å². The SMILES string of the molecule is N#Cc1ccccc1Nc1nccc(Nc2cccc(C(F)(F)F)c2)n1. The molecule has 0 radical (unpaired) electrons. The van der Waals surface area contributed by atoms with E-state index in [0.29, 0.717) is 17.1 Å². The fourth-order valence-corrected chi connectivity index (χ4v) is 2.22. The molecule has 0 aliphatic carbocycles. The van der Waals surface area contributed by atoms with E-state index in [1.54, 1.807) is 24.3 Å². The number of nitrogens with one attached hydrogen (secondary N) is 2. The highest BCUT2D eigenvalue weighted by molar-refractivity contribution is 5.64. The summed E-state index contributed by atoms with van der Waals surface area (Å²) < 4.78 is 38.4. The first-order valence-corrected chi connectivity index (χ1v) is 7.49. The zero-order valence-electron chi connectivity index (χ0n) is 13.2. The van der Waals surface area contributed by atoms with Gasteiger partial charge in [0.1, 0.15) is 11.9 Å². The number of hydrogen-bond donors (Lipinski definition) is 2. The van der Waals surface area contributed by atoms with Gasteiger partial charge in [0.25, 0.3) is 0 Å². The predicted molar refractivity (Wildman–Crippen MR) is 91.2 cm³/mol. The molecule has 2 N–H and O–H groups in total. The molecule has 0 atom stereocenters. The van der Waals surface area contributed by atoms with Crippen molar-refractivity contribution in [1.82, 2.24) is 9.97 Å². The number of nitriles is 1. The number of anilines is 4. The lowest BCUT2D eigenvalue weighted by Crippen LogP contribution is -2.06. The molecule has 8 heteroatoms. The molecule has 26 heavy (non-hydrogen) atoms. The van der Waals surface area contributed by atoms with Gasteiger partial charge < -0.3 is 10.6 Å². The molecule has 0 fully saturated rings. The monoisotopic (exact) mass is 355 g/mol. The second kappa shape index (κ2) is 7.11. The number of hydrogen-bond acceptors (Lipinski definition) is 5. The van der Waals surface area contributed by atoms with Gasteiger partial charge in [-0.25, -0.2) is 4.98 Å². The average molecular weight is 355 g/mol. The van der Waals surface area contributed by atoms with Gasteiger partial charge in [-0.15, -0.1) is 0 Å². The van der Waals surface area contributed by atoms with Crippen molar-refractivity contribution in [3.63, 3.8) is 0 Å². The van der Waals surface area contributed by atoms with E-state index in [9.17, 15) is 13.2 Å². The molecule has 0 spiro atoms. The molecule has 0 unspecified atom stereocenters. The molecule has 3 aromatic rings. The quantitative estimate of drug-likeness (QED) is 0.699. The number of nitrogens with zero attached hydrogens (tertiary/aromatic N) is 3. The summed E-state index contributed by atoms with van der Waals surface area (Å²) in [6.07, 6.45) is -2.96. The summed E-state index contributed by atoms with van der Waals surface area (Å²) in [6, 6.07) is 15.2. The van der Waals surface area contributed by atoms with Gasteiger partial charge in [0.2, 0.25) is 5.95 Å². The Hall–Kier alpha value is -3.60. The fourth-order valence-electron chi connectivity index (χ4n) is 2.22. The first-order chi connectivity index (χ1) is 12.5. The molecule has 0 saturated carbocycles. The van der Waals surface area contributed by atoms with Gasteiger partial charge >= 0.3 is 6.18 Å². The van der Waals surface area contributed by atoms with Crippen molar-refractivity contribution in [2.75, 3.05) is 10.6 Å². The van der Waals surface area contributed by atoms with E-state index in [-0.39, 0.29) is 11.6 Å². The van der Waals surface area contributed by atoms with Crippen molar-refractivity contribution in [1.29, 1.82) is 5.26 Å². The molecule has 130 valence electrons. The predicted octanol–water partition coefficient (Wildman–Crippen LogP) is 4.85. The van der Waals surface area contributed by atoms with Crippen LogP contribution in [-0.2, 0) is 6.18 Å². The second-order valence-electron chi connectivity index (χ2n) is 5.25. The molecular formula is C18H12F3N5. The van der Waals surface area contributed by atoms with E-state index >= 15 is 0 Å². The van der Waals surface area contributed by atoms with Crippen LogP contribution in [0.2, 0.25) is 0 Å². The summed E-state index contributed by atoms with van der Waals surface area (Å²) in [5.74, 6) is 0.529. The number of alkyl halides is 3. The van der Waals surface area contributed by atoms with Crippen LogP contribution in [0.15, 0.2) is 60.8 Å². The Balaban J connectivity index is 1.81. The normalized spacial score (nSPS) is 10.8. The van der Waals surface area contributed by atoms with E-state index < -0.39 is 11.7 Å². The fraction of sp³-hybridized carbons (Fsp3) is 0.0556. The average Bonchev–Trinajstić information content (AvgIpc) is 2.62. The van der Waals surface area contributed by atoms with E-state index in [4.69, 9.17) is 5.26 Å². The van der Waals surface area contributed by atoms with Crippen LogP contribution in [0.5, 0.6) is 0 Å². The summed E-state index contributed by atoms with van der Waals surface area (Å²) in [5.41, 5.74) is 0.457. The van der Waals surface area contributed by atoms with E-state index in [0.717, 1.165) is 12.1 Å². The van der Waals surface area contributed by atoms with E-state index in [2.05, 4.69) is 26.7 Å². The van der Waals surface area contributed by atoms with Crippen molar-refractivity contribution in [2.24, 2.45) is 0 Å². The smallest absolute Gasteiger partial charge is 0.340 e. The zero-order valence-corrected chi connectivity index (χ0v) is 13.2. The van der Waals surface area contributed by atoms with Crippen LogP contribution in [0.4, 0.5) is 36.3 Å². The topological polar surface area (TPSA) is 73.6 Å². The minimum Gasteiger partial charge on any atom is -0.340 e. The Kier molecular flexibility index (Phi) is 4.71. The van der Waals surface area contributed by atoms with Gasteiger partial charge in [0.15, 0.2) is 0 Å². The molecule has 5 nitrogen and oxygen atoms in total. The lowest BCUT2D eigenvalue weighted by molar-refractivity contribution is -0.137. The van der Waals surface area contributed by atoms with Gasteiger partial charge in [-0.1, -0.05) is 18.2 Å². The minimum atomic E-state index is -4.42. The molecule has 0 aliphatic heterocycles. The Morgan fingerprint density at radius 2 is 1.77 bits per heavy atom. The van der Waals surface area contributed by atoms with Gasteiger partial charge in [0, 0.05) is 11.9 Å². The molecule has 0 saturated heterocycles. The van der Waals surface area contributed by atoms with Gasteiger partial charge in [-0.3, -0.25) is 0 Å². The van der Waals surface area contributed by atoms with Crippen molar-refractivity contribution >= 4 is 23.1 Å². The highest BCUT2D eigenvalue weighted by Gasteiger charge is 2.30.